The predicted molar refractivity (Wildman–Crippen MR) is 102 cm³/mol. The van der Waals surface area contributed by atoms with E-state index in [0.29, 0.717) is 24.7 Å². The topological polar surface area (TPSA) is 33.7 Å². The predicted octanol–water partition coefficient (Wildman–Crippen LogP) is 3.81. The van der Waals surface area contributed by atoms with Gasteiger partial charge in [0.15, 0.2) is 11.5 Å². The molecule has 0 unspecified atom stereocenters. The van der Waals surface area contributed by atoms with E-state index in [9.17, 15) is 0 Å². The third kappa shape index (κ3) is 1.99. The molecule has 0 amide bonds. The van der Waals surface area contributed by atoms with Crippen molar-refractivity contribution in [2.45, 2.75) is 24.3 Å². The fourth-order valence-electron chi connectivity index (χ4n) is 5.19. The molecule has 2 aromatic rings. The summed E-state index contributed by atoms with van der Waals surface area (Å²) in [6, 6.07) is 13.6. The minimum atomic E-state index is 0.330. The van der Waals surface area contributed by atoms with Crippen LogP contribution in [0.2, 0.25) is 0 Å². The van der Waals surface area contributed by atoms with Crippen molar-refractivity contribution in [2.24, 2.45) is 0 Å². The third-order valence-corrected chi connectivity index (χ3v) is 6.45. The molecule has 1 aliphatic carbocycles. The Morgan fingerprint density at radius 1 is 1.12 bits per heavy atom. The molecule has 2 aromatic carbocycles. The van der Waals surface area contributed by atoms with Gasteiger partial charge in [-0.3, -0.25) is 4.90 Å². The minimum Gasteiger partial charge on any atom is -0.454 e. The highest BCUT2D eigenvalue weighted by molar-refractivity contribution is 5.81. The molecule has 4 heteroatoms. The van der Waals surface area contributed by atoms with Gasteiger partial charge in [-0.2, -0.15) is 0 Å². The van der Waals surface area contributed by atoms with Gasteiger partial charge in [0.1, 0.15) is 0 Å². The lowest BCUT2D eigenvalue weighted by atomic mass is 9.74. The number of ether oxygens (including phenoxy) is 2. The molecule has 3 aliphatic heterocycles. The quantitative estimate of drug-likeness (QED) is 0.851. The fraction of sp³-hybridized carbons (Fsp3) is 0.364. The zero-order valence-electron chi connectivity index (χ0n) is 14.9. The zero-order chi connectivity index (χ0) is 17.3. The van der Waals surface area contributed by atoms with Crippen LogP contribution in [-0.4, -0.2) is 37.9 Å². The first-order valence-electron chi connectivity index (χ1n) is 9.46. The molecule has 3 heterocycles. The van der Waals surface area contributed by atoms with Crippen LogP contribution in [0.1, 0.15) is 34.9 Å². The normalized spacial score (nSPS) is 28.2. The van der Waals surface area contributed by atoms with E-state index in [2.05, 4.69) is 53.7 Å². The summed E-state index contributed by atoms with van der Waals surface area (Å²) in [5, 5.41) is 3.60. The second kappa shape index (κ2) is 5.27. The number of rotatable bonds is 1. The maximum Gasteiger partial charge on any atom is 0.231 e. The maximum absolute atomic E-state index is 5.59. The Morgan fingerprint density at radius 2 is 2.04 bits per heavy atom. The van der Waals surface area contributed by atoms with Crippen molar-refractivity contribution in [3.63, 3.8) is 0 Å². The van der Waals surface area contributed by atoms with Crippen molar-refractivity contribution >= 4 is 11.3 Å². The number of likely N-dealkylation sites (N-methyl/N-ethyl adjacent to an activating group) is 1. The molecule has 0 radical (unpaired) electrons. The first-order chi connectivity index (χ1) is 12.8. The van der Waals surface area contributed by atoms with Gasteiger partial charge in [0.05, 0.1) is 0 Å². The molecule has 6 rings (SSSR count). The fourth-order valence-corrected chi connectivity index (χ4v) is 5.19. The van der Waals surface area contributed by atoms with Gasteiger partial charge < -0.3 is 14.8 Å². The Labute approximate surface area is 153 Å². The van der Waals surface area contributed by atoms with E-state index in [4.69, 9.17) is 9.47 Å². The Morgan fingerprint density at radius 3 is 3.00 bits per heavy atom. The molecule has 0 saturated carbocycles. The Bertz CT molecular complexity index is 936. The lowest BCUT2D eigenvalue weighted by molar-refractivity contribution is 0.174. The third-order valence-electron chi connectivity index (χ3n) is 6.45. The SMILES string of the molecule is CN1C[C@H](c2ccc3c(c2)OCO3)C=C2c3cccc4c3[C@@H](CN4)C[C@H]21. The van der Waals surface area contributed by atoms with Gasteiger partial charge in [0.2, 0.25) is 6.79 Å². The second-order valence-electron chi connectivity index (χ2n) is 7.88. The number of hydrogen-bond donors (Lipinski definition) is 1. The lowest BCUT2D eigenvalue weighted by Crippen LogP contribution is -2.42. The molecule has 4 aliphatic rings. The molecule has 0 spiro atoms. The van der Waals surface area contributed by atoms with Crippen LogP contribution in [-0.2, 0) is 0 Å². The largest absolute Gasteiger partial charge is 0.454 e. The number of nitrogens with zero attached hydrogens (tertiary/aromatic N) is 1. The van der Waals surface area contributed by atoms with Gasteiger partial charge in [-0.1, -0.05) is 24.3 Å². The molecule has 0 aromatic heterocycles. The van der Waals surface area contributed by atoms with Gasteiger partial charge in [-0.15, -0.1) is 0 Å². The monoisotopic (exact) mass is 346 g/mol. The van der Waals surface area contributed by atoms with Crippen LogP contribution < -0.4 is 14.8 Å². The summed E-state index contributed by atoms with van der Waals surface area (Å²) in [7, 11) is 2.27. The summed E-state index contributed by atoms with van der Waals surface area (Å²) in [6.07, 6.45) is 3.72. The van der Waals surface area contributed by atoms with Crippen molar-refractivity contribution in [2.75, 3.05) is 32.2 Å². The van der Waals surface area contributed by atoms with Crippen LogP contribution in [0.15, 0.2) is 42.5 Å². The van der Waals surface area contributed by atoms with E-state index in [1.807, 2.05) is 6.07 Å². The number of nitrogens with one attached hydrogen (secondary N) is 1. The van der Waals surface area contributed by atoms with Gasteiger partial charge in [-0.05, 0) is 53.9 Å². The molecule has 3 atom stereocenters. The van der Waals surface area contributed by atoms with Crippen LogP contribution in [0.25, 0.3) is 5.57 Å². The molecule has 0 fully saturated rings. The van der Waals surface area contributed by atoms with E-state index < -0.39 is 0 Å². The summed E-state index contributed by atoms with van der Waals surface area (Å²) in [4.78, 5) is 2.54. The smallest absolute Gasteiger partial charge is 0.231 e. The molecule has 132 valence electrons. The molecule has 0 bridgehead atoms. The summed E-state index contributed by atoms with van der Waals surface area (Å²) in [5.41, 5.74) is 7.12. The molecule has 1 N–H and O–H groups in total. The van der Waals surface area contributed by atoms with Gasteiger partial charge in [0.25, 0.3) is 0 Å². The van der Waals surface area contributed by atoms with E-state index in [1.54, 1.807) is 0 Å². The highest BCUT2D eigenvalue weighted by Crippen LogP contribution is 2.49. The number of anilines is 1. The van der Waals surface area contributed by atoms with Crippen LogP contribution in [0.3, 0.4) is 0 Å². The Hall–Kier alpha value is -2.46. The maximum atomic E-state index is 5.59. The summed E-state index contributed by atoms with van der Waals surface area (Å²) in [5.74, 6) is 2.76. The number of hydrogen-bond acceptors (Lipinski definition) is 4. The summed E-state index contributed by atoms with van der Waals surface area (Å²) >= 11 is 0. The minimum absolute atomic E-state index is 0.330. The first kappa shape index (κ1) is 14.7. The summed E-state index contributed by atoms with van der Waals surface area (Å²) < 4.78 is 11.1. The van der Waals surface area contributed by atoms with E-state index in [1.165, 1.54) is 34.4 Å². The molecule has 4 nitrogen and oxygen atoms in total. The van der Waals surface area contributed by atoms with Crippen molar-refractivity contribution < 1.29 is 9.47 Å². The highest BCUT2D eigenvalue weighted by Gasteiger charge is 2.39. The van der Waals surface area contributed by atoms with Crippen molar-refractivity contribution in [1.29, 1.82) is 0 Å². The second-order valence-corrected chi connectivity index (χ2v) is 7.88. The van der Waals surface area contributed by atoms with Gasteiger partial charge >= 0.3 is 0 Å². The first-order valence-corrected chi connectivity index (χ1v) is 9.46. The zero-order valence-corrected chi connectivity index (χ0v) is 14.9. The van der Waals surface area contributed by atoms with Crippen LogP contribution >= 0.6 is 0 Å². The van der Waals surface area contributed by atoms with Crippen molar-refractivity contribution in [3.8, 4) is 11.5 Å². The van der Waals surface area contributed by atoms with E-state index in [-0.39, 0.29) is 0 Å². The standard InChI is InChI=1S/C22H22N2O2/c1-24-11-15(13-5-6-20-21(9-13)26-12-25-20)7-17-16-3-2-4-18-22(16)14(10-23-18)8-19(17)24/h2-7,9,14-15,19,23H,8,10-12H2,1H3/t14-,15-,19-/m1/s1. The molecular weight excluding hydrogens is 324 g/mol. The Kier molecular flexibility index (Phi) is 2.98. The van der Waals surface area contributed by atoms with Crippen molar-refractivity contribution in [3.05, 3.63) is 59.2 Å². The summed E-state index contributed by atoms with van der Waals surface area (Å²) in [6.45, 7) is 2.45. The van der Waals surface area contributed by atoms with Crippen molar-refractivity contribution in [1.82, 2.24) is 4.90 Å². The highest BCUT2D eigenvalue weighted by atomic mass is 16.7. The number of fused-ring (bicyclic) bond motifs is 3. The number of benzene rings is 2. The van der Waals surface area contributed by atoms with Crippen LogP contribution in [0.5, 0.6) is 11.5 Å². The average molecular weight is 346 g/mol. The van der Waals surface area contributed by atoms with Gasteiger partial charge in [0, 0.05) is 36.7 Å². The van der Waals surface area contributed by atoms with Gasteiger partial charge in [-0.25, -0.2) is 0 Å². The molecule has 26 heavy (non-hydrogen) atoms. The van der Waals surface area contributed by atoms with Crippen LogP contribution in [0, 0.1) is 0 Å². The van der Waals surface area contributed by atoms with Crippen LogP contribution in [0.4, 0.5) is 5.69 Å². The van der Waals surface area contributed by atoms with E-state index in [0.717, 1.165) is 24.6 Å². The average Bonchev–Trinajstić information content (AvgIpc) is 3.30. The van der Waals surface area contributed by atoms with E-state index >= 15 is 0 Å². The Balaban J connectivity index is 1.46. The molecular formula is C22H22N2O2. The lowest BCUT2D eigenvalue weighted by Gasteiger charge is -2.42. The molecule has 0 saturated heterocycles.